The molecule has 2 aromatic heterocycles. The Morgan fingerprint density at radius 1 is 1.07 bits per heavy atom. The molecule has 8 heteroatoms. The third-order valence-corrected chi connectivity index (χ3v) is 5.34. The van der Waals surface area contributed by atoms with Crippen molar-refractivity contribution in [3.8, 4) is 17.1 Å². The lowest BCUT2D eigenvalue weighted by Gasteiger charge is -2.13. The van der Waals surface area contributed by atoms with Crippen molar-refractivity contribution in [1.29, 1.82) is 0 Å². The molecule has 0 radical (unpaired) electrons. The van der Waals surface area contributed by atoms with Crippen LogP contribution >= 0.6 is 15.9 Å². The number of aryl methyl sites for hydroxylation is 3. The van der Waals surface area contributed by atoms with Crippen molar-refractivity contribution in [3.05, 3.63) is 92.3 Å². The summed E-state index contributed by atoms with van der Waals surface area (Å²) in [6.07, 6.45) is 3.09. The third kappa shape index (κ3) is 4.49. The number of aromatic amines is 1. The van der Waals surface area contributed by atoms with Gasteiger partial charge in [-0.3, -0.25) is 4.79 Å². The van der Waals surface area contributed by atoms with Crippen molar-refractivity contribution in [2.24, 2.45) is 7.05 Å². The molecule has 7 nitrogen and oxygen atoms in total. The quantitative estimate of drug-likeness (QED) is 0.449. The molecule has 4 aromatic rings. The summed E-state index contributed by atoms with van der Waals surface area (Å²) >= 11 is 3.54. The summed E-state index contributed by atoms with van der Waals surface area (Å²) in [5.74, 6) is 1.13. The molecule has 4 rings (SSSR count). The van der Waals surface area contributed by atoms with Crippen LogP contribution in [0.5, 0.6) is 5.75 Å². The highest BCUT2D eigenvalue weighted by atomic mass is 79.9. The van der Waals surface area contributed by atoms with E-state index in [0.29, 0.717) is 30.8 Å². The number of nitrogens with zero attached hydrogens (tertiary/aromatic N) is 4. The minimum absolute atomic E-state index is 0.149. The van der Waals surface area contributed by atoms with E-state index in [1.807, 2.05) is 48.5 Å². The first kappa shape index (κ1) is 20.0. The van der Waals surface area contributed by atoms with Gasteiger partial charge in [-0.25, -0.2) is 0 Å². The zero-order chi connectivity index (χ0) is 20.9. The number of halogens is 1. The Hall–Kier alpha value is -3.26. The van der Waals surface area contributed by atoms with Crippen LogP contribution < -0.4 is 10.3 Å². The van der Waals surface area contributed by atoms with Gasteiger partial charge < -0.3 is 9.30 Å². The zero-order valence-corrected chi connectivity index (χ0v) is 18.0. The molecule has 0 bridgehead atoms. The minimum atomic E-state index is -0.149. The number of tetrazole rings is 1. The summed E-state index contributed by atoms with van der Waals surface area (Å²) in [4.78, 5) is 12.7. The van der Waals surface area contributed by atoms with Crippen LogP contribution in [0.2, 0.25) is 0 Å². The van der Waals surface area contributed by atoms with Gasteiger partial charge in [-0.1, -0.05) is 46.3 Å². The summed E-state index contributed by atoms with van der Waals surface area (Å²) in [5.41, 5.74) is 3.35. The maximum Gasteiger partial charge on any atom is 0.261 e. The average molecular weight is 466 g/mol. The van der Waals surface area contributed by atoms with Crippen LogP contribution in [0.25, 0.3) is 11.4 Å². The fourth-order valence-electron chi connectivity index (χ4n) is 3.27. The van der Waals surface area contributed by atoms with E-state index in [4.69, 9.17) is 4.74 Å². The SMILES string of the molecule is Cn1ccc(CCc2cc(Br)ccc2OCc2ccccc2)c(-c2nn[nH]n2)c1=O. The first-order chi connectivity index (χ1) is 14.6. The number of benzene rings is 2. The third-order valence-electron chi connectivity index (χ3n) is 4.85. The predicted octanol–water partition coefficient (Wildman–Crippen LogP) is 3.69. The van der Waals surface area contributed by atoms with E-state index in [-0.39, 0.29) is 5.56 Å². The molecular weight excluding hydrogens is 446 g/mol. The normalized spacial score (nSPS) is 10.9. The number of hydrogen-bond acceptors (Lipinski definition) is 5. The Morgan fingerprint density at radius 2 is 1.87 bits per heavy atom. The molecule has 0 aliphatic carbocycles. The Labute approximate surface area is 181 Å². The van der Waals surface area contributed by atoms with Crippen molar-refractivity contribution < 1.29 is 4.74 Å². The molecule has 1 N–H and O–H groups in total. The fourth-order valence-corrected chi connectivity index (χ4v) is 3.68. The maximum atomic E-state index is 12.7. The van der Waals surface area contributed by atoms with Crippen LogP contribution in [0, 0.1) is 0 Å². The lowest BCUT2D eigenvalue weighted by atomic mass is 10.00. The van der Waals surface area contributed by atoms with E-state index >= 15 is 0 Å². The van der Waals surface area contributed by atoms with Gasteiger partial charge in [0.1, 0.15) is 12.4 Å². The van der Waals surface area contributed by atoms with Crippen molar-refractivity contribution in [1.82, 2.24) is 25.2 Å². The highest BCUT2D eigenvalue weighted by Crippen LogP contribution is 2.26. The summed E-state index contributed by atoms with van der Waals surface area (Å²) in [5, 5.41) is 14.0. The molecule has 0 unspecified atom stereocenters. The number of rotatable bonds is 7. The maximum absolute atomic E-state index is 12.7. The van der Waals surface area contributed by atoms with Gasteiger partial charge in [0, 0.05) is 17.7 Å². The molecule has 0 saturated carbocycles. The van der Waals surface area contributed by atoms with Crippen molar-refractivity contribution in [3.63, 3.8) is 0 Å². The van der Waals surface area contributed by atoms with E-state index in [0.717, 1.165) is 26.9 Å². The highest BCUT2D eigenvalue weighted by Gasteiger charge is 2.16. The first-order valence-electron chi connectivity index (χ1n) is 9.49. The Balaban J connectivity index is 1.58. The second-order valence-electron chi connectivity index (χ2n) is 6.89. The Morgan fingerprint density at radius 3 is 2.63 bits per heavy atom. The van der Waals surface area contributed by atoms with Crippen LogP contribution in [0.15, 0.2) is 70.1 Å². The summed E-state index contributed by atoms with van der Waals surface area (Å²) in [6, 6.07) is 18.0. The zero-order valence-electron chi connectivity index (χ0n) is 16.4. The molecule has 0 fully saturated rings. The van der Waals surface area contributed by atoms with Crippen molar-refractivity contribution >= 4 is 15.9 Å². The highest BCUT2D eigenvalue weighted by molar-refractivity contribution is 9.10. The van der Waals surface area contributed by atoms with Crippen LogP contribution in [0.4, 0.5) is 0 Å². The van der Waals surface area contributed by atoms with Crippen molar-refractivity contribution in [2.75, 3.05) is 0 Å². The molecule has 2 heterocycles. The van der Waals surface area contributed by atoms with Gasteiger partial charge in [-0.2, -0.15) is 5.21 Å². The monoisotopic (exact) mass is 465 g/mol. The molecule has 2 aromatic carbocycles. The molecule has 0 aliphatic rings. The van der Waals surface area contributed by atoms with Crippen LogP contribution in [0.1, 0.15) is 16.7 Å². The number of ether oxygens (including phenoxy) is 1. The summed E-state index contributed by atoms with van der Waals surface area (Å²) in [6.45, 7) is 0.495. The molecule has 0 saturated heterocycles. The molecule has 0 spiro atoms. The second-order valence-corrected chi connectivity index (χ2v) is 7.81. The topological polar surface area (TPSA) is 85.7 Å². The number of H-pyrrole nitrogens is 1. The van der Waals surface area contributed by atoms with Crippen molar-refractivity contribution in [2.45, 2.75) is 19.4 Å². The largest absolute Gasteiger partial charge is 0.489 e. The Bertz CT molecular complexity index is 1190. The summed E-state index contributed by atoms with van der Waals surface area (Å²) in [7, 11) is 1.71. The molecular formula is C22H20BrN5O2. The van der Waals surface area contributed by atoms with Gasteiger partial charge in [0.2, 0.25) is 5.82 Å². The molecule has 0 aliphatic heterocycles. The van der Waals surface area contributed by atoms with Gasteiger partial charge in [0.25, 0.3) is 5.56 Å². The van der Waals surface area contributed by atoms with E-state index in [2.05, 4.69) is 42.6 Å². The molecule has 152 valence electrons. The van der Waals surface area contributed by atoms with E-state index in [1.165, 1.54) is 4.57 Å². The number of aromatic nitrogens is 5. The van der Waals surface area contributed by atoms with E-state index < -0.39 is 0 Å². The number of nitrogens with one attached hydrogen (secondary N) is 1. The number of hydrogen-bond donors (Lipinski definition) is 1. The van der Waals surface area contributed by atoms with Gasteiger partial charge in [0.15, 0.2) is 0 Å². The average Bonchev–Trinajstić information content (AvgIpc) is 3.29. The molecule has 0 amide bonds. The second kappa shape index (κ2) is 9.04. The van der Waals surface area contributed by atoms with Gasteiger partial charge in [-0.05, 0) is 59.0 Å². The van der Waals surface area contributed by atoms with Gasteiger partial charge >= 0.3 is 0 Å². The predicted molar refractivity (Wildman–Crippen MR) is 117 cm³/mol. The standard InChI is InChI=1S/C22H20BrN5O2/c1-28-12-11-16(20(22(28)29)21-24-26-27-25-21)7-8-17-13-18(23)9-10-19(17)30-14-15-5-3-2-4-6-15/h2-6,9-13H,7-8,14H2,1H3,(H,24,25,26,27). The van der Waals surface area contributed by atoms with Crippen LogP contribution in [0.3, 0.4) is 0 Å². The fraction of sp³-hybridized carbons (Fsp3) is 0.182. The lowest BCUT2D eigenvalue weighted by molar-refractivity contribution is 0.303. The molecule has 30 heavy (non-hydrogen) atoms. The van der Waals surface area contributed by atoms with Crippen LogP contribution in [-0.2, 0) is 26.5 Å². The number of pyridine rings is 1. The smallest absolute Gasteiger partial charge is 0.261 e. The van der Waals surface area contributed by atoms with Gasteiger partial charge in [-0.15, -0.1) is 10.2 Å². The van der Waals surface area contributed by atoms with Gasteiger partial charge in [0.05, 0.1) is 5.56 Å². The lowest BCUT2D eigenvalue weighted by Crippen LogP contribution is -2.20. The van der Waals surface area contributed by atoms with Crippen LogP contribution in [-0.4, -0.2) is 25.2 Å². The Kier molecular flexibility index (Phi) is 6.04. The summed E-state index contributed by atoms with van der Waals surface area (Å²) < 4.78 is 8.58. The van der Waals surface area contributed by atoms with E-state index in [1.54, 1.807) is 13.2 Å². The minimum Gasteiger partial charge on any atom is -0.489 e. The van der Waals surface area contributed by atoms with E-state index in [9.17, 15) is 4.79 Å². The first-order valence-corrected chi connectivity index (χ1v) is 10.3. The molecule has 0 atom stereocenters.